The van der Waals surface area contributed by atoms with Gasteiger partial charge >= 0.3 is 0 Å². The SMILES string of the molecule is COCCN(CCBr)Cc1cccc(Cl)c1. The molecule has 1 aromatic carbocycles. The quantitative estimate of drug-likeness (QED) is 0.717. The molecule has 0 spiro atoms. The van der Waals surface area contributed by atoms with Crippen molar-refractivity contribution in [2.24, 2.45) is 0 Å². The Bertz CT molecular complexity index is 309. The lowest BCUT2D eigenvalue weighted by Crippen LogP contribution is -2.28. The maximum atomic E-state index is 5.96. The summed E-state index contributed by atoms with van der Waals surface area (Å²) in [6, 6.07) is 7.99. The summed E-state index contributed by atoms with van der Waals surface area (Å²) in [5.74, 6) is 0. The zero-order chi connectivity index (χ0) is 11.8. The number of methoxy groups -OCH3 is 1. The highest BCUT2D eigenvalue weighted by atomic mass is 79.9. The molecule has 1 rings (SSSR count). The Morgan fingerprint density at radius 1 is 1.38 bits per heavy atom. The van der Waals surface area contributed by atoms with Gasteiger partial charge in [-0.3, -0.25) is 4.90 Å². The van der Waals surface area contributed by atoms with E-state index in [9.17, 15) is 0 Å². The molecule has 0 fully saturated rings. The summed E-state index contributed by atoms with van der Waals surface area (Å²) in [4.78, 5) is 2.34. The Labute approximate surface area is 111 Å². The smallest absolute Gasteiger partial charge is 0.0589 e. The standard InChI is InChI=1S/C12H17BrClNO/c1-16-8-7-15(6-5-13)10-11-3-2-4-12(14)9-11/h2-4,9H,5-8,10H2,1H3. The highest BCUT2D eigenvalue weighted by Gasteiger charge is 2.05. The van der Waals surface area contributed by atoms with Crippen molar-refractivity contribution in [3.05, 3.63) is 34.9 Å². The predicted molar refractivity (Wildman–Crippen MR) is 72.4 cm³/mol. The van der Waals surface area contributed by atoms with E-state index >= 15 is 0 Å². The van der Waals surface area contributed by atoms with Crippen LogP contribution in [0.3, 0.4) is 0 Å². The van der Waals surface area contributed by atoms with Crippen LogP contribution in [0.15, 0.2) is 24.3 Å². The molecule has 2 nitrogen and oxygen atoms in total. The van der Waals surface area contributed by atoms with E-state index in [1.165, 1.54) is 5.56 Å². The lowest BCUT2D eigenvalue weighted by Gasteiger charge is -2.20. The van der Waals surface area contributed by atoms with Crippen molar-refractivity contribution in [3.63, 3.8) is 0 Å². The van der Waals surface area contributed by atoms with Gasteiger partial charge in [0.2, 0.25) is 0 Å². The fraction of sp³-hybridized carbons (Fsp3) is 0.500. The Kier molecular flexibility index (Phi) is 7.05. The average Bonchev–Trinajstić information content (AvgIpc) is 2.26. The van der Waals surface area contributed by atoms with Crippen molar-refractivity contribution in [1.82, 2.24) is 4.90 Å². The van der Waals surface area contributed by atoms with E-state index in [0.29, 0.717) is 0 Å². The van der Waals surface area contributed by atoms with Crippen molar-refractivity contribution in [2.45, 2.75) is 6.54 Å². The van der Waals surface area contributed by atoms with Crippen LogP contribution in [0.5, 0.6) is 0 Å². The summed E-state index contributed by atoms with van der Waals surface area (Å²) < 4.78 is 5.10. The molecule has 0 radical (unpaired) electrons. The molecule has 0 bridgehead atoms. The minimum absolute atomic E-state index is 0.758. The van der Waals surface area contributed by atoms with Crippen molar-refractivity contribution in [1.29, 1.82) is 0 Å². The van der Waals surface area contributed by atoms with Gasteiger partial charge in [0.05, 0.1) is 6.61 Å². The van der Waals surface area contributed by atoms with Crippen LogP contribution in [0.1, 0.15) is 5.56 Å². The number of halogens is 2. The van der Waals surface area contributed by atoms with Gasteiger partial charge in [-0.25, -0.2) is 0 Å². The molecule has 4 heteroatoms. The summed E-state index contributed by atoms with van der Waals surface area (Å²) in [5.41, 5.74) is 1.24. The molecular formula is C12H17BrClNO. The van der Waals surface area contributed by atoms with E-state index in [1.807, 2.05) is 18.2 Å². The van der Waals surface area contributed by atoms with Crippen molar-refractivity contribution < 1.29 is 4.74 Å². The molecule has 0 amide bonds. The topological polar surface area (TPSA) is 12.5 Å². The zero-order valence-corrected chi connectivity index (χ0v) is 11.8. The van der Waals surface area contributed by atoms with E-state index in [2.05, 4.69) is 26.9 Å². The molecule has 0 atom stereocenters. The maximum Gasteiger partial charge on any atom is 0.0589 e. The summed E-state index contributed by atoms with van der Waals surface area (Å²) in [5, 5.41) is 1.76. The Morgan fingerprint density at radius 3 is 2.81 bits per heavy atom. The Hall–Kier alpha value is -0.0900. The molecule has 0 aliphatic carbocycles. The average molecular weight is 307 g/mol. The highest BCUT2D eigenvalue weighted by Crippen LogP contribution is 2.12. The second-order valence-corrected chi connectivity index (χ2v) is 4.82. The van der Waals surface area contributed by atoms with Crippen LogP contribution in [0, 0.1) is 0 Å². The van der Waals surface area contributed by atoms with E-state index in [1.54, 1.807) is 7.11 Å². The molecule has 0 aliphatic rings. The van der Waals surface area contributed by atoms with Crippen molar-refractivity contribution in [3.8, 4) is 0 Å². The number of hydrogen-bond donors (Lipinski definition) is 0. The Morgan fingerprint density at radius 2 is 2.19 bits per heavy atom. The summed E-state index contributed by atoms with van der Waals surface area (Å²) in [7, 11) is 1.73. The van der Waals surface area contributed by atoms with E-state index in [4.69, 9.17) is 16.3 Å². The van der Waals surface area contributed by atoms with Crippen LogP contribution in [-0.4, -0.2) is 37.0 Å². The molecular weight excluding hydrogens is 289 g/mol. The second-order valence-electron chi connectivity index (χ2n) is 3.59. The molecule has 0 heterocycles. The number of rotatable bonds is 7. The van der Waals surface area contributed by atoms with Gasteiger partial charge in [-0.1, -0.05) is 39.7 Å². The first-order valence-electron chi connectivity index (χ1n) is 5.28. The predicted octanol–water partition coefficient (Wildman–Crippen LogP) is 3.18. The van der Waals surface area contributed by atoms with Crippen LogP contribution >= 0.6 is 27.5 Å². The maximum absolute atomic E-state index is 5.96. The summed E-state index contributed by atoms with van der Waals surface area (Å²) >= 11 is 9.42. The van der Waals surface area contributed by atoms with Gasteiger partial charge in [0.1, 0.15) is 0 Å². The zero-order valence-electron chi connectivity index (χ0n) is 9.46. The molecule has 0 saturated heterocycles. The molecule has 90 valence electrons. The van der Waals surface area contributed by atoms with E-state index in [-0.39, 0.29) is 0 Å². The Balaban J connectivity index is 2.52. The number of alkyl halides is 1. The van der Waals surface area contributed by atoms with E-state index in [0.717, 1.165) is 36.6 Å². The van der Waals surface area contributed by atoms with Crippen molar-refractivity contribution >= 4 is 27.5 Å². The third kappa shape index (κ3) is 5.30. The van der Waals surface area contributed by atoms with Gasteiger partial charge in [0, 0.05) is 37.1 Å². The van der Waals surface area contributed by atoms with Gasteiger partial charge < -0.3 is 4.74 Å². The number of ether oxygens (including phenoxy) is 1. The normalized spacial score (nSPS) is 11.0. The minimum Gasteiger partial charge on any atom is -0.383 e. The molecule has 16 heavy (non-hydrogen) atoms. The van der Waals surface area contributed by atoms with Gasteiger partial charge in [0.15, 0.2) is 0 Å². The molecule has 0 N–H and O–H groups in total. The molecule has 0 aromatic heterocycles. The number of benzene rings is 1. The van der Waals surface area contributed by atoms with Crippen LogP contribution in [-0.2, 0) is 11.3 Å². The monoisotopic (exact) mass is 305 g/mol. The summed E-state index contributed by atoms with van der Waals surface area (Å²) in [6.45, 7) is 3.62. The number of nitrogens with zero attached hydrogens (tertiary/aromatic N) is 1. The summed E-state index contributed by atoms with van der Waals surface area (Å²) in [6.07, 6.45) is 0. The van der Waals surface area contributed by atoms with Gasteiger partial charge in [-0.2, -0.15) is 0 Å². The third-order valence-corrected chi connectivity index (χ3v) is 2.90. The third-order valence-electron chi connectivity index (χ3n) is 2.31. The molecule has 0 saturated carbocycles. The molecule has 0 aliphatic heterocycles. The van der Waals surface area contributed by atoms with Crippen LogP contribution in [0.2, 0.25) is 5.02 Å². The van der Waals surface area contributed by atoms with Gasteiger partial charge in [0.25, 0.3) is 0 Å². The second kappa shape index (κ2) is 8.07. The lowest BCUT2D eigenvalue weighted by molar-refractivity contribution is 0.148. The lowest BCUT2D eigenvalue weighted by atomic mass is 10.2. The molecule has 0 unspecified atom stereocenters. The highest BCUT2D eigenvalue weighted by molar-refractivity contribution is 9.09. The van der Waals surface area contributed by atoms with Crippen molar-refractivity contribution in [2.75, 3.05) is 32.1 Å². The van der Waals surface area contributed by atoms with Crippen LogP contribution < -0.4 is 0 Å². The first-order chi connectivity index (χ1) is 7.76. The number of hydrogen-bond acceptors (Lipinski definition) is 2. The van der Waals surface area contributed by atoms with Gasteiger partial charge in [-0.05, 0) is 17.7 Å². The minimum atomic E-state index is 0.758. The molecule has 1 aromatic rings. The fourth-order valence-electron chi connectivity index (χ4n) is 1.50. The first kappa shape index (κ1) is 14.0. The fourth-order valence-corrected chi connectivity index (χ4v) is 2.22. The van der Waals surface area contributed by atoms with Gasteiger partial charge in [-0.15, -0.1) is 0 Å². The first-order valence-corrected chi connectivity index (χ1v) is 6.78. The van der Waals surface area contributed by atoms with Crippen LogP contribution in [0.4, 0.5) is 0 Å². The largest absolute Gasteiger partial charge is 0.383 e. The van der Waals surface area contributed by atoms with E-state index < -0.39 is 0 Å². The van der Waals surface area contributed by atoms with Crippen LogP contribution in [0.25, 0.3) is 0 Å².